The number of aliphatic hydroxyl groups is 1. The highest BCUT2D eigenvalue weighted by Gasteiger charge is 2.33. The van der Waals surface area contributed by atoms with Gasteiger partial charge in [-0.3, -0.25) is 0 Å². The molecule has 0 radical (unpaired) electrons. The Balaban J connectivity index is 1.95. The summed E-state index contributed by atoms with van der Waals surface area (Å²) >= 11 is 6.06. The van der Waals surface area contributed by atoms with Crippen LogP contribution < -0.4 is 5.32 Å². The normalized spacial score (nSPS) is 22.4. The van der Waals surface area contributed by atoms with Crippen molar-refractivity contribution in [3.05, 3.63) is 33.8 Å². The number of rotatable bonds is 6. The Hall–Kier alpha value is -0.610. The second kappa shape index (κ2) is 6.90. The number of ether oxygens (including phenoxy) is 1. The quantitative estimate of drug-likeness (QED) is 0.848. The molecule has 2 rings (SSSR count). The Labute approximate surface area is 126 Å². The average Bonchev–Trinajstić information content (AvgIpc) is 2.82. The molecule has 3 nitrogen and oxygen atoms in total. The molecule has 112 valence electrons. The third-order valence-corrected chi connectivity index (χ3v) is 4.51. The molecule has 0 aliphatic carbocycles. The van der Waals surface area contributed by atoms with Gasteiger partial charge in [0.1, 0.15) is 0 Å². The third kappa shape index (κ3) is 3.73. The number of aliphatic hydroxyl groups excluding tert-OH is 1. The van der Waals surface area contributed by atoms with Gasteiger partial charge in [-0.15, -0.1) is 0 Å². The van der Waals surface area contributed by atoms with Gasteiger partial charge in [-0.2, -0.15) is 0 Å². The van der Waals surface area contributed by atoms with Gasteiger partial charge in [-0.1, -0.05) is 11.6 Å². The fraction of sp³-hybridized carbons (Fsp3) is 0.625. The SMILES string of the molecule is Cc1cc(Cl)cc(C)c1CNC[C@]1(CCO)CCOC1. The highest BCUT2D eigenvalue weighted by molar-refractivity contribution is 6.30. The number of nitrogens with one attached hydrogen (secondary N) is 1. The van der Waals surface area contributed by atoms with Crippen molar-refractivity contribution in [3.63, 3.8) is 0 Å². The van der Waals surface area contributed by atoms with Crippen LogP contribution in [0.4, 0.5) is 0 Å². The van der Waals surface area contributed by atoms with Gasteiger partial charge in [0.05, 0.1) is 6.61 Å². The van der Waals surface area contributed by atoms with Crippen molar-refractivity contribution in [1.82, 2.24) is 5.32 Å². The fourth-order valence-electron chi connectivity index (χ4n) is 2.98. The topological polar surface area (TPSA) is 41.5 Å². The summed E-state index contributed by atoms with van der Waals surface area (Å²) in [7, 11) is 0. The van der Waals surface area contributed by atoms with Crippen molar-refractivity contribution in [3.8, 4) is 0 Å². The fourth-order valence-corrected chi connectivity index (χ4v) is 3.31. The molecule has 1 heterocycles. The zero-order chi connectivity index (χ0) is 14.6. The van der Waals surface area contributed by atoms with Gasteiger partial charge in [-0.25, -0.2) is 0 Å². The Morgan fingerprint density at radius 3 is 2.60 bits per heavy atom. The van der Waals surface area contributed by atoms with Gasteiger partial charge >= 0.3 is 0 Å². The maximum Gasteiger partial charge on any atom is 0.0536 e. The predicted octanol–water partition coefficient (Wildman–Crippen LogP) is 2.84. The lowest BCUT2D eigenvalue weighted by Gasteiger charge is -2.27. The highest BCUT2D eigenvalue weighted by atomic mass is 35.5. The van der Waals surface area contributed by atoms with Crippen molar-refractivity contribution < 1.29 is 9.84 Å². The van der Waals surface area contributed by atoms with E-state index in [1.807, 2.05) is 12.1 Å². The summed E-state index contributed by atoms with van der Waals surface area (Å²) in [5.41, 5.74) is 3.86. The second-order valence-corrected chi connectivity index (χ2v) is 6.33. The lowest BCUT2D eigenvalue weighted by atomic mass is 9.84. The van der Waals surface area contributed by atoms with E-state index in [2.05, 4.69) is 19.2 Å². The van der Waals surface area contributed by atoms with Gasteiger partial charge < -0.3 is 15.2 Å². The molecule has 20 heavy (non-hydrogen) atoms. The maximum absolute atomic E-state index is 9.23. The lowest BCUT2D eigenvalue weighted by molar-refractivity contribution is 0.124. The summed E-state index contributed by atoms with van der Waals surface area (Å²) in [5, 5.41) is 13.6. The molecule has 2 N–H and O–H groups in total. The van der Waals surface area contributed by atoms with Crippen LogP contribution in [0.5, 0.6) is 0 Å². The first-order chi connectivity index (χ1) is 9.56. The van der Waals surface area contributed by atoms with Crippen LogP contribution >= 0.6 is 11.6 Å². The van der Waals surface area contributed by atoms with Crippen LogP contribution in [0.3, 0.4) is 0 Å². The molecule has 0 unspecified atom stereocenters. The molecule has 1 aliphatic rings. The molecule has 1 fully saturated rings. The van der Waals surface area contributed by atoms with Gasteiger partial charge in [0.15, 0.2) is 0 Å². The standard InChI is InChI=1S/C16H24ClNO2/c1-12-7-14(17)8-13(2)15(12)9-18-10-16(3-5-19)4-6-20-11-16/h7-8,18-19H,3-6,9-11H2,1-2H3/t16-/m0/s1. The summed E-state index contributed by atoms with van der Waals surface area (Å²) in [4.78, 5) is 0. The molecule has 0 aromatic heterocycles. The van der Waals surface area contributed by atoms with E-state index in [0.717, 1.165) is 44.2 Å². The first-order valence-electron chi connectivity index (χ1n) is 7.21. The predicted molar refractivity (Wildman–Crippen MR) is 82.2 cm³/mol. The van der Waals surface area contributed by atoms with Gasteiger partial charge in [0.2, 0.25) is 0 Å². The molecule has 0 saturated carbocycles. The van der Waals surface area contributed by atoms with Crippen LogP contribution in [0.2, 0.25) is 5.02 Å². The zero-order valence-corrected chi connectivity index (χ0v) is 13.1. The van der Waals surface area contributed by atoms with Gasteiger partial charge in [-0.05, 0) is 55.5 Å². The van der Waals surface area contributed by atoms with Crippen LogP contribution in [-0.2, 0) is 11.3 Å². The summed E-state index contributed by atoms with van der Waals surface area (Å²) < 4.78 is 5.51. The van der Waals surface area contributed by atoms with Crippen molar-refractivity contribution in [2.24, 2.45) is 5.41 Å². The monoisotopic (exact) mass is 297 g/mol. The van der Waals surface area contributed by atoms with Gasteiger partial charge in [0.25, 0.3) is 0 Å². The van der Waals surface area contributed by atoms with E-state index in [1.54, 1.807) is 0 Å². The largest absolute Gasteiger partial charge is 0.396 e. The highest BCUT2D eigenvalue weighted by Crippen LogP contribution is 2.31. The summed E-state index contributed by atoms with van der Waals surface area (Å²) in [6.07, 6.45) is 1.83. The molecule has 1 aromatic rings. The van der Waals surface area contributed by atoms with E-state index < -0.39 is 0 Å². The summed E-state index contributed by atoms with van der Waals surface area (Å²) in [6, 6.07) is 4.02. The number of hydrogen-bond acceptors (Lipinski definition) is 3. The minimum atomic E-state index is 0.100. The third-order valence-electron chi connectivity index (χ3n) is 4.29. The maximum atomic E-state index is 9.23. The zero-order valence-electron chi connectivity index (χ0n) is 12.3. The van der Waals surface area contributed by atoms with E-state index in [9.17, 15) is 5.11 Å². The van der Waals surface area contributed by atoms with Gasteiger partial charge in [0, 0.05) is 36.7 Å². The Morgan fingerprint density at radius 2 is 2.05 bits per heavy atom. The van der Waals surface area contributed by atoms with Crippen molar-refractivity contribution >= 4 is 11.6 Å². The van der Waals surface area contributed by atoms with Crippen LogP contribution in [0, 0.1) is 19.3 Å². The molecule has 1 saturated heterocycles. The Bertz CT molecular complexity index is 433. The van der Waals surface area contributed by atoms with E-state index in [1.165, 1.54) is 16.7 Å². The summed E-state index contributed by atoms with van der Waals surface area (Å²) in [5.74, 6) is 0. The smallest absolute Gasteiger partial charge is 0.0536 e. The van der Waals surface area contributed by atoms with Crippen molar-refractivity contribution in [2.45, 2.75) is 33.2 Å². The van der Waals surface area contributed by atoms with E-state index >= 15 is 0 Å². The Kier molecular flexibility index (Phi) is 5.44. The summed E-state index contributed by atoms with van der Waals surface area (Å²) in [6.45, 7) is 7.69. The molecule has 0 spiro atoms. The van der Waals surface area contributed by atoms with E-state index in [-0.39, 0.29) is 12.0 Å². The molecule has 1 aliphatic heterocycles. The molecule has 4 heteroatoms. The van der Waals surface area contributed by atoms with Crippen LogP contribution in [0.25, 0.3) is 0 Å². The van der Waals surface area contributed by atoms with E-state index in [0.29, 0.717) is 0 Å². The molecule has 1 aromatic carbocycles. The molecule has 0 bridgehead atoms. The average molecular weight is 298 g/mol. The molecule has 1 atom stereocenters. The number of halogens is 1. The van der Waals surface area contributed by atoms with E-state index in [4.69, 9.17) is 16.3 Å². The number of benzene rings is 1. The Morgan fingerprint density at radius 1 is 1.35 bits per heavy atom. The van der Waals surface area contributed by atoms with Crippen molar-refractivity contribution in [2.75, 3.05) is 26.4 Å². The minimum Gasteiger partial charge on any atom is -0.396 e. The molecule has 0 amide bonds. The first-order valence-corrected chi connectivity index (χ1v) is 7.59. The molecular formula is C16H24ClNO2. The van der Waals surface area contributed by atoms with Crippen LogP contribution in [-0.4, -0.2) is 31.5 Å². The lowest BCUT2D eigenvalue weighted by Crippen LogP contribution is -2.35. The number of aryl methyl sites for hydroxylation is 2. The number of hydrogen-bond donors (Lipinski definition) is 2. The molecular weight excluding hydrogens is 274 g/mol. The second-order valence-electron chi connectivity index (χ2n) is 5.90. The minimum absolute atomic E-state index is 0.100. The van der Waals surface area contributed by atoms with Crippen LogP contribution in [0.1, 0.15) is 29.5 Å². The first kappa shape index (κ1) is 15.8. The van der Waals surface area contributed by atoms with Crippen molar-refractivity contribution in [1.29, 1.82) is 0 Å². The van der Waals surface area contributed by atoms with Crippen LogP contribution in [0.15, 0.2) is 12.1 Å².